The number of hydrogen-bond donors (Lipinski definition) is 0. The molecule has 1 amide bonds. The Morgan fingerprint density at radius 3 is 2.45 bits per heavy atom. The van der Waals surface area contributed by atoms with E-state index in [9.17, 15) is 9.59 Å². The third-order valence-corrected chi connectivity index (χ3v) is 5.53. The molecular formula is C22H24N2O4S. The summed E-state index contributed by atoms with van der Waals surface area (Å²) < 4.78 is 13.2. The van der Waals surface area contributed by atoms with Crippen LogP contribution in [0.15, 0.2) is 41.4 Å². The van der Waals surface area contributed by atoms with Gasteiger partial charge in [-0.15, -0.1) is 0 Å². The van der Waals surface area contributed by atoms with Gasteiger partial charge in [0.05, 0.1) is 23.4 Å². The van der Waals surface area contributed by atoms with Crippen molar-refractivity contribution in [1.29, 1.82) is 0 Å². The molecule has 0 saturated heterocycles. The predicted molar refractivity (Wildman–Crippen MR) is 113 cm³/mol. The SMILES string of the molecule is COC(=O)Cn1c(=NC(=O)c2ccc(OC(C)C)cc2)sc2c(C)cc(C)cc21. The zero-order valence-electron chi connectivity index (χ0n) is 17.2. The third-order valence-electron chi connectivity index (χ3n) is 4.30. The molecule has 0 saturated carbocycles. The first-order chi connectivity index (χ1) is 13.8. The molecule has 0 radical (unpaired) electrons. The van der Waals surface area contributed by atoms with Gasteiger partial charge in [-0.25, -0.2) is 0 Å². The fourth-order valence-electron chi connectivity index (χ4n) is 3.04. The molecule has 6 nitrogen and oxygen atoms in total. The van der Waals surface area contributed by atoms with Crippen LogP contribution in [0.25, 0.3) is 10.2 Å². The maximum Gasteiger partial charge on any atom is 0.325 e. The van der Waals surface area contributed by atoms with E-state index in [1.807, 2.05) is 33.8 Å². The molecule has 0 atom stereocenters. The highest BCUT2D eigenvalue weighted by atomic mass is 32.1. The summed E-state index contributed by atoms with van der Waals surface area (Å²) in [7, 11) is 1.34. The van der Waals surface area contributed by atoms with Crippen molar-refractivity contribution >= 4 is 33.4 Å². The lowest BCUT2D eigenvalue weighted by molar-refractivity contribution is -0.141. The zero-order valence-corrected chi connectivity index (χ0v) is 18.0. The van der Waals surface area contributed by atoms with E-state index in [1.54, 1.807) is 28.8 Å². The molecule has 3 rings (SSSR count). The predicted octanol–water partition coefficient (Wildman–Crippen LogP) is 4.02. The summed E-state index contributed by atoms with van der Waals surface area (Å²) in [5, 5.41) is 0. The second-order valence-electron chi connectivity index (χ2n) is 7.08. The van der Waals surface area contributed by atoms with Crippen molar-refractivity contribution in [3.8, 4) is 5.75 Å². The topological polar surface area (TPSA) is 69.9 Å². The molecule has 7 heteroatoms. The summed E-state index contributed by atoms with van der Waals surface area (Å²) in [6.07, 6.45) is 0.0590. The zero-order chi connectivity index (χ0) is 21.1. The van der Waals surface area contributed by atoms with E-state index >= 15 is 0 Å². The summed E-state index contributed by atoms with van der Waals surface area (Å²) >= 11 is 1.39. The minimum atomic E-state index is -0.395. The van der Waals surface area contributed by atoms with E-state index < -0.39 is 5.97 Å². The Kier molecular flexibility index (Phi) is 6.17. The number of carbonyl (C=O) groups is 2. The number of benzene rings is 2. The minimum absolute atomic E-state index is 0.00727. The molecule has 0 spiro atoms. The van der Waals surface area contributed by atoms with E-state index in [0.29, 0.717) is 16.1 Å². The van der Waals surface area contributed by atoms with Crippen molar-refractivity contribution < 1.29 is 19.1 Å². The summed E-state index contributed by atoms with van der Waals surface area (Å²) in [5.41, 5.74) is 3.47. The number of thiazole rings is 1. The fraction of sp³-hybridized carbons (Fsp3) is 0.318. The van der Waals surface area contributed by atoms with Crippen LogP contribution in [-0.4, -0.2) is 29.7 Å². The lowest BCUT2D eigenvalue weighted by atomic mass is 10.1. The molecule has 2 aromatic carbocycles. The smallest absolute Gasteiger partial charge is 0.325 e. The van der Waals surface area contributed by atoms with Crippen molar-refractivity contribution in [1.82, 2.24) is 4.57 Å². The van der Waals surface area contributed by atoms with Gasteiger partial charge in [0.1, 0.15) is 12.3 Å². The second-order valence-corrected chi connectivity index (χ2v) is 8.06. The number of amides is 1. The number of ether oxygens (including phenoxy) is 2. The molecule has 0 fully saturated rings. The van der Waals surface area contributed by atoms with Crippen molar-refractivity contribution in [3.05, 3.63) is 57.9 Å². The van der Waals surface area contributed by atoms with Crippen molar-refractivity contribution in [3.63, 3.8) is 0 Å². The Bertz CT molecular complexity index is 1120. The van der Waals surface area contributed by atoms with Gasteiger partial charge in [0.2, 0.25) is 0 Å². The molecular weight excluding hydrogens is 388 g/mol. The second kappa shape index (κ2) is 8.61. The van der Waals surface area contributed by atoms with Crippen molar-refractivity contribution in [2.45, 2.75) is 40.3 Å². The maximum atomic E-state index is 12.8. The van der Waals surface area contributed by atoms with Gasteiger partial charge in [-0.3, -0.25) is 9.59 Å². The van der Waals surface area contributed by atoms with Crippen LogP contribution in [-0.2, 0) is 16.1 Å². The van der Waals surface area contributed by atoms with Crippen LogP contribution in [0.1, 0.15) is 35.3 Å². The van der Waals surface area contributed by atoms with E-state index in [0.717, 1.165) is 21.3 Å². The first-order valence-electron chi connectivity index (χ1n) is 9.31. The monoisotopic (exact) mass is 412 g/mol. The van der Waals surface area contributed by atoms with Crippen LogP contribution in [0.2, 0.25) is 0 Å². The van der Waals surface area contributed by atoms with Gasteiger partial charge in [0.25, 0.3) is 5.91 Å². The van der Waals surface area contributed by atoms with Gasteiger partial charge in [-0.05, 0) is 69.2 Å². The summed E-state index contributed by atoms with van der Waals surface area (Å²) in [5.74, 6) is -0.0705. The molecule has 0 bridgehead atoms. The number of fused-ring (bicyclic) bond motifs is 1. The van der Waals surface area contributed by atoms with E-state index in [1.165, 1.54) is 18.4 Å². The first-order valence-corrected chi connectivity index (χ1v) is 10.1. The number of methoxy groups -OCH3 is 1. The summed E-state index contributed by atoms with van der Waals surface area (Å²) in [6, 6.07) is 10.9. The normalized spacial score (nSPS) is 11.9. The summed E-state index contributed by atoms with van der Waals surface area (Å²) in [4.78, 5) is 29.5. The van der Waals surface area contributed by atoms with Gasteiger partial charge in [-0.2, -0.15) is 4.99 Å². The standard InChI is InChI=1S/C22H24N2O4S/c1-13(2)28-17-8-6-16(7-9-17)21(26)23-22-24(12-19(25)27-5)18-11-14(3)10-15(4)20(18)29-22/h6-11,13H,12H2,1-5H3. The van der Waals surface area contributed by atoms with Crippen molar-refractivity contribution in [2.75, 3.05) is 7.11 Å². The molecule has 1 aromatic heterocycles. The fourth-order valence-corrected chi connectivity index (χ4v) is 4.12. The average molecular weight is 413 g/mol. The highest BCUT2D eigenvalue weighted by molar-refractivity contribution is 7.16. The van der Waals surface area contributed by atoms with Gasteiger partial charge in [-0.1, -0.05) is 17.4 Å². The van der Waals surface area contributed by atoms with Crippen molar-refractivity contribution in [2.24, 2.45) is 4.99 Å². The number of rotatable bonds is 5. The van der Waals surface area contributed by atoms with Crippen LogP contribution >= 0.6 is 11.3 Å². The van der Waals surface area contributed by atoms with Crippen LogP contribution in [0.5, 0.6) is 5.75 Å². The lowest BCUT2D eigenvalue weighted by Crippen LogP contribution is -2.22. The molecule has 0 N–H and O–H groups in total. The number of carbonyl (C=O) groups excluding carboxylic acids is 2. The number of hydrogen-bond acceptors (Lipinski definition) is 5. The van der Waals surface area contributed by atoms with Gasteiger partial charge in [0, 0.05) is 5.56 Å². The Labute approximate surface area is 173 Å². The Morgan fingerprint density at radius 1 is 1.14 bits per heavy atom. The molecule has 1 heterocycles. The largest absolute Gasteiger partial charge is 0.491 e. The lowest BCUT2D eigenvalue weighted by Gasteiger charge is -2.09. The molecule has 3 aromatic rings. The van der Waals surface area contributed by atoms with Gasteiger partial charge >= 0.3 is 5.97 Å². The van der Waals surface area contributed by atoms with Gasteiger partial charge in [0.15, 0.2) is 4.80 Å². The van der Waals surface area contributed by atoms with E-state index in [4.69, 9.17) is 9.47 Å². The minimum Gasteiger partial charge on any atom is -0.491 e. The maximum absolute atomic E-state index is 12.8. The number of esters is 1. The highest BCUT2D eigenvalue weighted by Crippen LogP contribution is 2.23. The molecule has 152 valence electrons. The van der Waals surface area contributed by atoms with E-state index in [-0.39, 0.29) is 18.6 Å². The van der Waals surface area contributed by atoms with Crippen LogP contribution in [0.3, 0.4) is 0 Å². The molecule has 0 aliphatic carbocycles. The summed E-state index contributed by atoms with van der Waals surface area (Å²) in [6.45, 7) is 7.88. The molecule has 0 unspecified atom stereocenters. The molecule has 0 aliphatic rings. The third kappa shape index (κ3) is 4.74. The number of aromatic nitrogens is 1. The van der Waals surface area contributed by atoms with Crippen LogP contribution < -0.4 is 9.54 Å². The van der Waals surface area contributed by atoms with Crippen LogP contribution in [0, 0.1) is 13.8 Å². The Morgan fingerprint density at radius 2 is 1.83 bits per heavy atom. The van der Waals surface area contributed by atoms with Crippen LogP contribution in [0.4, 0.5) is 0 Å². The average Bonchev–Trinajstić information content (AvgIpc) is 2.99. The molecule has 0 aliphatic heterocycles. The first kappa shape index (κ1) is 20.8. The highest BCUT2D eigenvalue weighted by Gasteiger charge is 2.14. The van der Waals surface area contributed by atoms with Gasteiger partial charge < -0.3 is 14.0 Å². The quantitative estimate of drug-likeness (QED) is 0.594. The molecule has 29 heavy (non-hydrogen) atoms. The van der Waals surface area contributed by atoms with E-state index in [2.05, 4.69) is 11.1 Å². The Balaban J connectivity index is 2.06. The number of aryl methyl sites for hydroxylation is 2. The number of nitrogens with zero attached hydrogens (tertiary/aromatic N) is 2. The Hall–Kier alpha value is -2.93.